The van der Waals surface area contributed by atoms with Gasteiger partial charge in [-0.1, -0.05) is 13.8 Å². The molecular formula is C14H16FN3O. The molecule has 0 bridgehead atoms. The van der Waals surface area contributed by atoms with E-state index in [1.807, 2.05) is 13.8 Å². The zero-order valence-electron chi connectivity index (χ0n) is 10.9. The molecule has 0 saturated heterocycles. The van der Waals surface area contributed by atoms with E-state index in [-0.39, 0.29) is 23.0 Å². The molecule has 0 atom stereocenters. The van der Waals surface area contributed by atoms with Crippen molar-refractivity contribution in [3.63, 3.8) is 0 Å². The van der Waals surface area contributed by atoms with E-state index < -0.39 is 0 Å². The molecule has 1 aromatic carbocycles. The zero-order chi connectivity index (χ0) is 14.0. The van der Waals surface area contributed by atoms with Crippen LogP contribution in [-0.4, -0.2) is 9.78 Å². The van der Waals surface area contributed by atoms with Gasteiger partial charge in [-0.25, -0.2) is 9.07 Å². The van der Waals surface area contributed by atoms with Crippen LogP contribution >= 0.6 is 0 Å². The molecule has 1 heterocycles. The molecule has 2 rings (SSSR count). The Hall–Kier alpha value is -2.17. The van der Waals surface area contributed by atoms with Crippen molar-refractivity contribution >= 4 is 5.69 Å². The second-order valence-corrected chi connectivity index (χ2v) is 4.87. The predicted molar refractivity (Wildman–Crippen MR) is 73.1 cm³/mol. The van der Waals surface area contributed by atoms with Crippen LogP contribution in [0.5, 0.6) is 0 Å². The Labute approximate surface area is 110 Å². The first-order valence-electron chi connectivity index (χ1n) is 6.11. The summed E-state index contributed by atoms with van der Waals surface area (Å²) in [6.45, 7) is 4.49. The highest BCUT2D eigenvalue weighted by molar-refractivity contribution is 5.61. The molecule has 0 aliphatic carbocycles. The second-order valence-electron chi connectivity index (χ2n) is 4.87. The van der Waals surface area contributed by atoms with Crippen molar-refractivity contribution in [3.05, 3.63) is 46.5 Å². The van der Waals surface area contributed by atoms with Gasteiger partial charge in [-0.2, -0.15) is 5.10 Å². The van der Waals surface area contributed by atoms with E-state index in [4.69, 9.17) is 5.73 Å². The Bertz CT molecular complexity index is 632. The Morgan fingerprint density at radius 1 is 1.32 bits per heavy atom. The van der Waals surface area contributed by atoms with Crippen molar-refractivity contribution in [1.82, 2.24) is 9.78 Å². The Morgan fingerprint density at radius 2 is 1.95 bits per heavy atom. The third-order valence-electron chi connectivity index (χ3n) is 2.68. The SMILES string of the molecule is CC(C)Cn1nc(-c2ccc(F)cc2)cc(N)c1=O. The van der Waals surface area contributed by atoms with Crippen molar-refractivity contribution in [2.24, 2.45) is 5.92 Å². The summed E-state index contributed by atoms with van der Waals surface area (Å²) in [5.74, 6) is -0.0275. The summed E-state index contributed by atoms with van der Waals surface area (Å²) < 4.78 is 14.3. The smallest absolute Gasteiger partial charge is 0.289 e. The lowest BCUT2D eigenvalue weighted by Gasteiger charge is -2.10. The minimum Gasteiger partial charge on any atom is -0.394 e. The molecule has 0 spiro atoms. The van der Waals surface area contributed by atoms with Crippen molar-refractivity contribution in [2.45, 2.75) is 20.4 Å². The highest BCUT2D eigenvalue weighted by Crippen LogP contribution is 2.17. The number of nitrogens with two attached hydrogens (primary N) is 1. The van der Waals surface area contributed by atoms with Gasteiger partial charge >= 0.3 is 0 Å². The second kappa shape index (κ2) is 5.22. The molecule has 0 fully saturated rings. The van der Waals surface area contributed by atoms with Crippen LogP contribution in [0, 0.1) is 11.7 Å². The van der Waals surface area contributed by atoms with E-state index in [2.05, 4.69) is 5.10 Å². The summed E-state index contributed by atoms with van der Waals surface area (Å²) in [5, 5.41) is 4.27. The quantitative estimate of drug-likeness (QED) is 0.922. The van der Waals surface area contributed by atoms with Gasteiger partial charge in [-0.05, 0) is 36.2 Å². The standard InChI is InChI=1S/C14H16FN3O/c1-9(2)8-18-14(19)12(16)7-13(17-18)10-3-5-11(15)6-4-10/h3-7,9H,8,16H2,1-2H3. The molecule has 19 heavy (non-hydrogen) atoms. The topological polar surface area (TPSA) is 60.9 Å². The number of aromatic nitrogens is 2. The maximum Gasteiger partial charge on any atom is 0.289 e. The minimum atomic E-state index is -0.313. The van der Waals surface area contributed by atoms with Gasteiger partial charge < -0.3 is 5.73 Å². The third-order valence-corrected chi connectivity index (χ3v) is 2.68. The largest absolute Gasteiger partial charge is 0.394 e. The number of hydrogen-bond acceptors (Lipinski definition) is 3. The van der Waals surface area contributed by atoms with Gasteiger partial charge in [-0.15, -0.1) is 0 Å². The molecule has 2 aromatic rings. The number of nitrogens with zero attached hydrogens (tertiary/aromatic N) is 2. The highest BCUT2D eigenvalue weighted by atomic mass is 19.1. The van der Waals surface area contributed by atoms with Crippen LogP contribution < -0.4 is 11.3 Å². The van der Waals surface area contributed by atoms with Gasteiger partial charge in [0.2, 0.25) is 0 Å². The number of rotatable bonds is 3. The first-order chi connectivity index (χ1) is 8.97. The molecule has 0 saturated carbocycles. The summed E-state index contributed by atoms with van der Waals surface area (Å²) in [6.07, 6.45) is 0. The van der Waals surface area contributed by atoms with Gasteiger partial charge in [0.15, 0.2) is 0 Å². The van der Waals surface area contributed by atoms with Crippen molar-refractivity contribution in [3.8, 4) is 11.3 Å². The van der Waals surface area contributed by atoms with Gasteiger partial charge in [0.05, 0.1) is 5.69 Å². The molecule has 0 amide bonds. The number of nitrogen functional groups attached to an aromatic ring is 1. The molecule has 5 heteroatoms. The van der Waals surface area contributed by atoms with Crippen LogP contribution in [0.25, 0.3) is 11.3 Å². The van der Waals surface area contributed by atoms with Crippen LogP contribution in [0.15, 0.2) is 35.1 Å². The van der Waals surface area contributed by atoms with E-state index in [0.29, 0.717) is 12.2 Å². The first kappa shape index (κ1) is 13.3. The molecule has 0 unspecified atom stereocenters. The maximum atomic E-state index is 12.9. The fraction of sp³-hybridized carbons (Fsp3) is 0.286. The molecule has 1 aromatic heterocycles. The van der Waals surface area contributed by atoms with Gasteiger partial charge in [-0.3, -0.25) is 4.79 Å². The summed E-state index contributed by atoms with van der Waals surface area (Å²) in [4.78, 5) is 11.9. The van der Waals surface area contributed by atoms with Crippen molar-refractivity contribution < 1.29 is 4.39 Å². The monoisotopic (exact) mass is 261 g/mol. The third kappa shape index (κ3) is 2.99. The first-order valence-corrected chi connectivity index (χ1v) is 6.11. The van der Waals surface area contributed by atoms with Crippen LogP contribution in [0.1, 0.15) is 13.8 Å². The molecule has 0 radical (unpaired) electrons. The van der Waals surface area contributed by atoms with Crippen LogP contribution in [0.2, 0.25) is 0 Å². The Balaban J connectivity index is 2.50. The molecule has 100 valence electrons. The van der Waals surface area contributed by atoms with E-state index in [1.54, 1.807) is 12.1 Å². The zero-order valence-corrected chi connectivity index (χ0v) is 10.9. The normalized spacial score (nSPS) is 10.9. The Morgan fingerprint density at radius 3 is 2.53 bits per heavy atom. The fourth-order valence-electron chi connectivity index (χ4n) is 1.79. The average Bonchev–Trinajstić information content (AvgIpc) is 2.35. The minimum absolute atomic E-state index is 0.148. The van der Waals surface area contributed by atoms with Crippen molar-refractivity contribution in [2.75, 3.05) is 5.73 Å². The molecule has 0 aliphatic heterocycles. The number of benzene rings is 1. The van der Waals surface area contributed by atoms with Crippen LogP contribution in [0.4, 0.5) is 10.1 Å². The number of halogens is 1. The van der Waals surface area contributed by atoms with Crippen LogP contribution in [-0.2, 0) is 6.54 Å². The number of anilines is 1. The molecule has 0 aliphatic rings. The molecular weight excluding hydrogens is 245 g/mol. The van der Waals surface area contributed by atoms with Crippen molar-refractivity contribution in [1.29, 1.82) is 0 Å². The number of hydrogen-bond donors (Lipinski definition) is 1. The molecule has 2 N–H and O–H groups in total. The van der Waals surface area contributed by atoms with E-state index >= 15 is 0 Å². The Kier molecular flexibility index (Phi) is 3.64. The summed E-state index contributed by atoms with van der Waals surface area (Å²) in [5.41, 5.74) is 6.87. The van der Waals surface area contributed by atoms with Gasteiger partial charge in [0, 0.05) is 12.1 Å². The van der Waals surface area contributed by atoms with E-state index in [1.165, 1.54) is 22.9 Å². The van der Waals surface area contributed by atoms with E-state index in [0.717, 1.165) is 5.56 Å². The summed E-state index contributed by atoms with van der Waals surface area (Å²) in [6, 6.07) is 7.45. The maximum absolute atomic E-state index is 12.9. The van der Waals surface area contributed by atoms with Gasteiger partial charge in [0.25, 0.3) is 5.56 Å². The lowest BCUT2D eigenvalue weighted by atomic mass is 10.1. The van der Waals surface area contributed by atoms with E-state index in [9.17, 15) is 9.18 Å². The predicted octanol–water partition coefficient (Wildman–Crippen LogP) is 2.29. The summed E-state index contributed by atoms with van der Waals surface area (Å²) in [7, 11) is 0. The fourth-order valence-corrected chi connectivity index (χ4v) is 1.79. The lowest BCUT2D eigenvalue weighted by molar-refractivity contribution is 0.466. The highest BCUT2D eigenvalue weighted by Gasteiger charge is 2.09. The lowest BCUT2D eigenvalue weighted by Crippen LogP contribution is -2.27. The molecule has 4 nitrogen and oxygen atoms in total. The van der Waals surface area contributed by atoms with Gasteiger partial charge in [0.1, 0.15) is 11.5 Å². The average molecular weight is 261 g/mol. The summed E-state index contributed by atoms with van der Waals surface area (Å²) >= 11 is 0. The van der Waals surface area contributed by atoms with Crippen LogP contribution in [0.3, 0.4) is 0 Å².